The molecule has 0 saturated heterocycles. The van der Waals surface area contributed by atoms with E-state index in [1.807, 2.05) is 45.0 Å². The molecule has 0 bridgehead atoms. The van der Waals surface area contributed by atoms with Crippen molar-refractivity contribution in [1.29, 1.82) is 0 Å². The first-order valence-corrected chi connectivity index (χ1v) is 7.61. The van der Waals surface area contributed by atoms with Gasteiger partial charge in [0.25, 0.3) is 5.91 Å². The molecule has 0 aliphatic heterocycles. The predicted molar refractivity (Wildman–Crippen MR) is 93.3 cm³/mol. The number of hydrogen-bond acceptors (Lipinski definition) is 3. The van der Waals surface area contributed by atoms with Crippen LogP contribution in [-0.2, 0) is 4.79 Å². The summed E-state index contributed by atoms with van der Waals surface area (Å²) in [5.41, 5.74) is 6.36. The molecular weight excluding hydrogens is 312 g/mol. The molecule has 0 aliphatic carbocycles. The lowest BCUT2D eigenvalue weighted by Crippen LogP contribution is -2.24. The molecule has 0 radical (unpaired) electrons. The van der Waals surface area contributed by atoms with Crippen molar-refractivity contribution in [2.24, 2.45) is 5.10 Å². The Morgan fingerprint density at radius 3 is 2.39 bits per heavy atom. The molecule has 1 N–H and O–H groups in total. The standard InChI is InChI=1S/C18H19ClN2O2/c1-12-4-6-15(7-5-12)10-20-21-17(22)11-23-16-8-13(2)18(19)14(3)9-16/h4-10H,11H2,1-3H3,(H,21,22). The Kier molecular flexibility index (Phi) is 5.77. The molecule has 23 heavy (non-hydrogen) atoms. The molecule has 1 amide bonds. The zero-order valence-electron chi connectivity index (χ0n) is 13.4. The highest BCUT2D eigenvalue weighted by Crippen LogP contribution is 2.25. The predicted octanol–water partition coefficient (Wildman–Crippen LogP) is 3.79. The summed E-state index contributed by atoms with van der Waals surface area (Å²) in [5.74, 6) is 0.292. The van der Waals surface area contributed by atoms with Gasteiger partial charge < -0.3 is 4.74 Å². The van der Waals surface area contributed by atoms with Crippen LogP contribution in [0.25, 0.3) is 0 Å². The van der Waals surface area contributed by atoms with Gasteiger partial charge in [-0.25, -0.2) is 5.43 Å². The number of benzene rings is 2. The zero-order valence-corrected chi connectivity index (χ0v) is 14.1. The van der Waals surface area contributed by atoms with Gasteiger partial charge in [0.2, 0.25) is 0 Å². The van der Waals surface area contributed by atoms with Crippen molar-refractivity contribution in [2.45, 2.75) is 20.8 Å². The molecule has 0 spiro atoms. The lowest BCUT2D eigenvalue weighted by atomic mass is 10.1. The summed E-state index contributed by atoms with van der Waals surface area (Å²) in [6, 6.07) is 11.4. The second kappa shape index (κ2) is 7.79. The van der Waals surface area contributed by atoms with E-state index in [0.29, 0.717) is 10.8 Å². The van der Waals surface area contributed by atoms with Gasteiger partial charge in [0.05, 0.1) is 6.21 Å². The van der Waals surface area contributed by atoms with Gasteiger partial charge in [0.1, 0.15) is 5.75 Å². The Morgan fingerprint density at radius 2 is 1.78 bits per heavy atom. The maximum atomic E-state index is 11.7. The smallest absolute Gasteiger partial charge is 0.277 e. The van der Waals surface area contributed by atoms with Crippen LogP contribution in [0.5, 0.6) is 5.75 Å². The Hall–Kier alpha value is -2.33. The molecule has 0 saturated carbocycles. The first kappa shape index (κ1) is 17.0. The van der Waals surface area contributed by atoms with Gasteiger partial charge in [-0.15, -0.1) is 0 Å². The highest BCUT2D eigenvalue weighted by Gasteiger charge is 2.06. The Morgan fingerprint density at radius 1 is 1.17 bits per heavy atom. The van der Waals surface area contributed by atoms with Gasteiger partial charge in [-0.3, -0.25) is 4.79 Å². The zero-order chi connectivity index (χ0) is 16.8. The largest absolute Gasteiger partial charge is 0.484 e. The van der Waals surface area contributed by atoms with E-state index in [1.54, 1.807) is 18.3 Å². The van der Waals surface area contributed by atoms with Crippen LogP contribution >= 0.6 is 11.6 Å². The number of carbonyl (C=O) groups excluding carboxylic acids is 1. The molecule has 0 fully saturated rings. The third-order valence-corrected chi connectivity index (χ3v) is 3.86. The molecule has 0 atom stereocenters. The van der Waals surface area contributed by atoms with E-state index in [-0.39, 0.29) is 12.5 Å². The van der Waals surface area contributed by atoms with Crippen LogP contribution in [0.1, 0.15) is 22.3 Å². The van der Waals surface area contributed by atoms with Gasteiger partial charge >= 0.3 is 0 Å². The molecule has 2 aromatic rings. The maximum Gasteiger partial charge on any atom is 0.277 e. The normalized spacial score (nSPS) is 10.8. The van der Waals surface area contributed by atoms with Crippen LogP contribution in [0.2, 0.25) is 5.02 Å². The average Bonchev–Trinajstić information content (AvgIpc) is 2.52. The highest BCUT2D eigenvalue weighted by molar-refractivity contribution is 6.32. The van der Waals surface area contributed by atoms with Gasteiger partial charge in [0.15, 0.2) is 6.61 Å². The summed E-state index contributed by atoms with van der Waals surface area (Å²) in [5, 5.41) is 4.62. The molecule has 120 valence electrons. The Bertz CT molecular complexity index is 701. The van der Waals surface area contributed by atoms with E-state index in [1.165, 1.54) is 5.56 Å². The minimum Gasteiger partial charge on any atom is -0.484 e. The minimum absolute atomic E-state index is 0.105. The second-order valence-corrected chi connectivity index (χ2v) is 5.74. The lowest BCUT2D eigenvalue weighted by Gasteiger charge is -2.09. The third kappa shape index (κ3) is 5.11. The number of rotatable bonds is 5. The molecule has 2 rings (SSSR count). The quantitative estimate of drug-likeness (QED) is 0.669. The number of carbonyl (C=O) groups is 1. The maximum absolute atomic E-state index is 11.7. The summed E-state index contributed by atoms with van der Waals surface area (Å²) in [6.45, 7) is 5.70. The minimum atomic E-state index is -0.321. The topological polar surface area (TPSA) is 50.7 Å². The fourth-order valence-corrected chi connectivity index (χ4v) is 2.11. The second-order valence-electron chi connectivity index (χ2n) is 5.36. The number of hydrogen-bond donors (Lipinski definition) is 1. The Labute approximate surface area is 141 Å². The fraction of sp³-hybridized carbons (Fsp3) is 0.222. The van der Waals surface area contributed by atoms with Crippen molar-refractivity contribution in [3.8, 4) is 5.75 Å². The number of nitrogens with one attached hydrogen (secondary N) is 1. The average molecular weight is 331 g/mol. The van der Waals surface area contributed by atoms with E-state index in [2.05, 4.69) is 10.5 Å². The van der Waals surface area contributed by atoms with Gasteiger partial charge in [-0.1, -0.05) is 41.4 Å². The molecule has 0 aliphatic rings. The van der Waals surface area contributed by atoms with Crippen molar-refractivity contribution < 1.29 is 9.53 Å². The fourth-order valence-electron chi connectivity index (χ4n) is 2.00. The van der Waals surface area contributed by atoms with Crippen LogP contribution in [-0.4, -0.2) is 18.7 Å². The van der Waals surface area contributed by atoms with E-state index >= 15 is 0 Å². The van der Waals surface area contributed by atoms with Gasteiger partial charge in [-0.05, 0) is 49.6 Å². The van der Waals surface area contributed by atoms with Crippen molar-refractivity contribution >= 4 is 23.7 Å². The highest BCUT2D eigenvalue weighted by atomic mass is 35.5. The molecular formula is C18H19ClN2O2. The molecule has 0 unspecified atom stereocenters. The van der Waals surface area contributed by atoms with E-state index in [9.17, 15) is 4.79 Å². The SMILES string of the molecule is Cc1ccc(C=NNC(=O)COc2cc(C)c(Cl)c(C)c2)cc1. The summed E-state index contributed by atoms with van der Waals surface area (Å²) in [6.07, 6.45) is 1.59. The number of hydrazone groups is 1. The number of ether oxygens (including phenoxy) is 1. The summed E-state index contributed by atoms with van der Waals surface area (Å²) < 4.78 is 5.46. The number of halogens is 1. The van der Waals surface area contributed by atoms with E-state index in [4.69, 9.17) is 16.3 Å². The lowest BCUT2D eigenvalue weighted by molar-refractivity contribution is -0.123. The summed E-state index contributed by atoms with van der Waals surface area (Å²) in [7, 11) is 0. The van der Waals surface area contributed by atoms with Crippen molar-refractivity contribution in [1.82, 2.24) is 5.43 Å². The molecule has 0 heterocycles. The van der Waals surface area contributed by atoms with Crippen molar-refractivity contribution in [3.63, 3.8) is 0 Å². The van der Waals surface area contributed by atoms with Crippen LogP contribution in [0.4, 0.5) is 0 Å². The van der Waals surface area contributed by atoms with E-state index in [0.717, 1.165) is 16.7 Å². The summed E-state index contributed by atoms with van der Waals surface area (Å²) >= 11 is 6.09. The van der Waals surface area contributed by atoms with Gasteiger partial charge in [0, 0.05) is 5.02 Å². The van der Waals surface area contributed by atoms with Crippen LogP contribution in [0, 0.1) is 20.8 Å². The number of amides is 1. The summed E-state index contributed by atoms with van der Waals surface area (Å²) in [4.78, 5) is 11.7. The van der Waals surface area contributed by atoms with E-state index < -0.39 is 0 Å². The third-order valence-electron chi connectivity index (χ3n) is 3.26. The molecule has 0 aromatic heterocycles. The molecule has 2 aromatic carbocycles. The number of nitrogens with zero attached hydrogens (tertiary/aromatic N) is 1. The first-order chi connectivity index (χ1) is 11.0. The van der Waals surface area contributed by atoms with Crippen molar-refractivity contribution in [3.05, 3.63) is 63.7 Å². The van der Waals surface area contributed by atoms with Crippen molar-refractivity contribution in [2.75, 3.05) is 6.61 Å². The number of aryl methyl sites for hydroxylation is 3. The van der Waals surface area contributed by atoms with Crippen LogP contribution in [0.3, 0.4) is 0 Å². The molecule has 5 heteroatoms. The van der Waals surface area contributed by atoms with Crippen LogP contribution in [0.15, 0.2) is 41.5 Å². The molecule has 4 nitrogen and oxygen atoms in total. The van der Waals surface area contributed by atoms with Crippen LogP contribution < -0.4 is 10.2 Å². The Balaban J connectivity index is 1.84. The first-order valence-electron chi connectivity index (χ1n) is 7.24. The monoisotopic (exact) mass is 330 g/mol. The van der Waals surface area contributed by atoms with Gasteiger partial charge in [-0.2, -0.15) is 5.10 Å².